The molecule has 34 heavy (non-hydrogen) atoms. The van der Waals surface area contributed by atoms with E-state index in [1.807, 2.05) is 30.3 Å². The first-order valence-electron chi connectivity index (χ1n) is 10.7. The zero-order valence-corrected chi connectivity index (χ0v) is 21.3. The summed E-state index contributed by atoms with van der Waals surface area (Å²) in [5, 5.41) is 4.87. The third-order valence-corrected chi connectivity index (χ3v) is 9.42. The van der Waals surface area contributed by atoms with Gasteiger partial charge in [-0.1, -0.05) is 29.8 Å². The number of halogens is 1. The molecule has 2 aromatic carbocycles. The van der Waals surface area contributed by atoms with E-state index in [9.17, 15) is 8.42 Å². The Morgan fingerprint density at radius 2 is 1.71 bits per heavy atom. The number of rotatable bonds is 6. The van der Waals surface area contributed by atoms with Gasteiger partial charge in [-0.05, 0) is 53.4 Å². The minimum atomic E-state index is -3.53. The summed E-state index contributed by atoms with van der Waals surface area (Å²) in [6.45, 7) is 2.24. The fraction of sp³-hybridized carbons (Fsp3) is 0.208. The molecule has 0 saturated carbocycles. The number of sulfonamides is 1. The molecular weight excluding hydrogens is 510 g/mol. The van der Waals surface area contributed by atoms with E-state index in [-0.39, 0.29) is 4.90 Å². The van der Waals surface area contributed by atoms with Crippen LogP contribution in [0, 0.1) is 0 Å². The van der Waals surface area contributed by atoms with E-state index < -0.39 is 10.0 Å². The zero-order chi connectivity index (χ0) is 23.5. The summed E-state index contributed by atoms with van der Waals surface area (Å²) in [5.41, 5.74) is 2.92. The highest BCUT2D eigenvalue weighted by molar-refractivity contribution is 7.89. The van der Waals surface area contributed by atoms with Gasteiger partial charge in [-0.2, -0.15) is 4.31 Å². The summed E-state index contributed by atoms with van der Waals surface area (Å²) < 4.78 is 34.7. The van der Waals surface area contributed by atoms with Gasteiger partial charge in [0.05, 0.1) is 40.9 Å². The Morgan fingerprint density at radius 3 is 2.38 bits per heavy atom. The average molecular weight is 532 g/mol. The smallest absolute Gasteiger partial charge is 0.243 e. The molecule has 10 heteroatoms. The molecule has 1 aliphatic heterocycles. The molecule has 3 heterocycles. The fourth-order valence-electron chi connectivity index (χ4n) is 3.71. The van der Waals surface area contributed by atoms with Gasteiger partial charge >= 0.3 is 0 Å². The van der Waals surface area contributed by atoms with Gasteiger partial charge in [0.1, 0.15) is 0 Å². The lowest BCUT2D eigenvalue weighted by molar-refractivity contribution is 0.0730. The summed E-state index contributed by atoms with van der Waals surface area (Å²) >= 11 is 9.31. The van der Waals surface area contributed by atoms with Crippen LogP contribution in [0.2, 0.25) is 5.02 Å². The van der Waals surface area contributed by atoms with Crippen LogP contribution in [0.1, 0.15) is 5.56 Å². The van der Waals surface area contributed by atoms with Gasteiger partial charge in [0, 0.05) is 23.5 Å². The number of hydrogen-bond donors (Lipinski definition) is 0. The van der Waals surface area contributed by atoms with E-state index in [1.54, 1.807) is 46.9 Å². The number of thiophene rings is 1. The van der Waals surface area contributed by atoms with Crippen LogP contribution in [0.3, 0.4) is 0 Å². The van der Waals surface area contributed by atoms with E-state index in [4.69, 9.17) is 21.3 Å². The highest BCUT2D eigenvalue weighted by Crippen LogP contribution is 2.27. The molecule has 0 spiro atoms. The third-order valence-electron chi connectivity index (χ3n) is 5.49. The van der Waals surface area contributed by atoms with E-state index in [0.29, 0.717) is 43.6 Å². The van der Waals surface area contributed by atoms with Gasteiger partial charge in [-0.15, -0.1) is 22.7 Å². The van der Waals surface area contributed by atoms with Gasteiger partial charge < -0.3 is 9.30 Å². The predicted molar refractivity (Wildman–Crippen MR) is 137 cm³/mol. The summed E-state index contributed by atoms with van der Waals surface area (Å²) in [6, 6.07) is 18.7. The number of ether oxygens (including phenoxy) is 1. The largest absolute Gasteiger partial charge is 0.379 e. The quantitative estimate of drug-likeness (QED) is 0.342. The molecule has 0 N–H and O–H groups in total. The van der Waals surface area contributed by atoms with Gasteiger partial charge in [0.15, 0.2) is 4.80 Å². The molecule has 1 fully saturated rings. The maximum Gasteiger partial charge on any atom is 0.243 e. The molecular formula is C24H22ClN3O3S3. The number of hydrogen-bond acceptors (Lipinski definition) is 6. The van der Waals surface area contributed by atoms with Crippen LogP contribution >= 0.6 is 34.3 Å². The first kappa shape index (κ1) is 23.5. The maximum atomic E-state index is 12.9. The number of nitrogens with zero attached hydrogens (tertiary/aromatic N) is 3. The fourth-order valence-corrected chi connectivity index (χ4v) is 6.98. The summed E-state index contributed by atoms with van der Waals surface area (Å²) in [5.74, 6) is 0. The van der Waals surface area contributed by atoms with Crippen molar-refractivity contribution in [3.8, 4) is 10.6 Å². The van der Waals surface area contributed by atoms with Crippen LogP contribution in [0.15, 0.2) is 81.3 Å². The second-order valence-electron chi connectivity index (χ2n) is 7.72. The SMILES string of the molecule is O=S(=O)(c1ccc(N=c2scc(-c3cccs3)n2Cc2ccc(Cl)cc2)cc1)N1CCOCC1. The Labute approximate surface area is 211 Å². The van der Waals surface area contributed by atoms with Gasteiger partial charge in [0.25, 0.3) is 0 Å². The topological polar surface area (TPSA) is 63.9 Å². The zero-order valence-electron chi connectivity index (χ0n) is 18.1. The average Bonchev–Trinajstić information content (AvgIpc) is 3.52. The Balaban J connectivity index is 1.49. The molecule has 0 bridgehead atoms. The van der Waals surface area contributed by atoms with Crippen LogP contribution in [0.4, 0.5) is 5.69 Å². The lowest BCUT2D eigenvalue weighted by atomic mass is 10.2. The van der Waals surface area contributed by atoms with Crippen molar-refractivity contribution in [3.63, 3.8) is 0 Å². The van der Waals surface area contributed by atoms with E-state index in [0.717, 1.165) is 16.1 Å². The molecule has 176 valence electrons. The first-order valence-corrected chi connectivity index (χ1v) is 14.3. The molecule has 5 rings (SSSR count). The molecule has 0 amide bonds. The standard InChI is InChI=1S/C24H22ClN3O3S3/c25-19-5-3-18(4-6-19)16-28-22(23-2-1-15-32-23)17-33-24(28)26-20-7-9-21(10-8-20)34(29,30)27-11-13-31-14-12-27/h1-10,15,17H,11-14,16H2. The van der Waals surface area contributed by atoms with Crippen molar-refractivity contribution in [2.75, 3.05) is 26.3 Å². The molecule has 1 saturated heterocycles. The summed E-state index contributed by atoms with van der Waals surface area (Å²) in [7, 11) is -3.53. The second kappa shape index (κ2) is 10.2. The Bertz CT molecular complexity index is 1420. The van der Waals surface area contributed by atoms with Crippen molar-refractivity contribution in [2.45, 2.75) is 11.4 Å². The van der Waals surface area contributed by atoms with Gasteiger partial charge in [-0.25, -0.2) is 13.4 Å². The Hall–Kier alpha value is -2.27. The van der Waals surface area contributed by atoms with Crippen molar-refractivity contribution >= 4 is 50.0 Å². The van der Waals surface area contributed by atoms with Crippen LogP contribution < -0.4 is 4.80 Å². The number of benzene rings is 2. The van der Waals surface area contributed by atoms with Crippen molar-refractivity contribution in [1.29, 1.82) is 0 Å². The van der Waals surface area contributed by atoms with Gasteiger partial charge in [0.2, 0.25) is 10.0 Å². The van der Waals surface area contributed by atoms with Crippen molar-refractivity contribution < 1.29 is 13.2 Å². The Kier molecular flexibility index (Phi) is 7.01. The van der Waals surface area contributed by atoms with Crippen molar-refractivity contribution in [3.05, 3.63) is 86.8 Å². The minimum absolute atomic E-state index is 0.271. The number of thiazole rings is 1. The monoisotopic (exact) mass is 531 g/mol. The summed E-state index contributed by atoms with van der Waals surface area (Å²) in [4.78, 5) is 7.12. The van der Waals surface area contributed by atoms with Crippen LogP contribution in [-0.4, -0.2) is 43.6 Å². The first-order chi connectivity index (χ1) is 16.5. The highest BCUT2D eigenvalue weighted by Gasteiger charge is 2.26. The molecule has 0 aliphatic carbocycles. The van der Waals surface area contributed by atoms with Crippen LogP contribution in [0.25, 0.3) is 10.6 Å². The minimum Gasteiger partial charge on any atom is -0.379 e. The molecule has 0 atom stereocenters. The van der Waals surface area contributed by atoms with E-state index in [2.05, 4.69) is 21.4 Å². The molecule has 0 unspecified atom stereocenters. The number of morpholine rings is 1. The molecule has 6 nitrogen and oxygen atoms in total. The predicted octanol–water partition coefficient (Wildman–Crippen LogP) is 5.23. The lowest BCUT2D eigenvalue weighted by Gasteiger charge is -2.26. The third kappa shape index (κ3) is 5.05. The van der Waals surface area contributed by atoms with Crippen LogP contribution in [-0.2, 0) is 21.3 Å². The molecule has 0 radical (unpaired) electrons. The van der Waals surface area contributed by atoms with Crippen molar-refractivity contribution in [1.82, 2.24) is 8.87 Å². The molecule has 2 aromatic heterocycles. The van der Waals surface area contributed by atoms with E-state index >= 15 is 0 Å². The van der Waals surface area contributed by atoms with E-state index in [1.165, 1.54) is 9.18 Å². The van der Waals surface area contributed by atoms with Crippen LogP contribution in [0.5, 0.6) is 0 Å². The lowest BCUT2D eigenvalue weighted by Crippen LogP contribution is -2.40. The Morgan fingerprint density at radius 1 is 0.971 bits per heavy atom. The molecule has 1 aliphatic rings. The normalized spacial score (nSPS) is 15.6. The maximum absolute atomic E-state index is 12.9. The van der Waals surface area contributed by atoms with Crippen molar-refractivity contribution in [2.24, 2.45) is 4.99 Å². The summed E-state index contributed by atoms with van der Waals surface area (Å²) in [6.07, 6.45) is 0. The highest BCUT2D eigenvalue weighted by atomic mass is 35.5. The molecule has 4 aromatic rings. The number of aromatic nitrogens is 1. The van der Waals surface area contributed by atoms with Gasteiger partial charge in [-0.3, -0.25) is 0 Å². The second-order valence-corrected chi connectivity index (χ2v) is 11.9.